The van der Waals surface area contributed by atoms with Gasteiger partial charge in [-0.3, -0.25) is 4.98 Å². The number of sulfonamides is 1. The molecule has 1 aromatic heterocycles. The summed E-state index contributed by atoms with van der Waals surface area (Å²) in [7, 11) is -3.61. The van der Waals surface area contributed by atoms with E-state index in [0.29, 0.717) is 5.69 Å². The van der Waals surface area contributed by atoms with Crippen molar-refractivity contribution >= 4 is 10.0 Å². The average molecular weight is 271 g/mol. The van der Waals surface area contributed by atoms with Gasteiger partial charge in [-0.2, -0.15) is 4.31 Å². The minimum atomic E-state index is -3.61. The van der Waals surface area contributed by atoms with Crippen molar-refractivity contribution in [1.29, 1.82) is 0 Å². The Morgan fingerprint density at radius 3 is 2.78 bits per heavy atom. The van der Waals surface area contributed by atoms with Crippen LogP contribution in [0.15, 0.2) is 23.2 Å². The molecular weight excluding hydrogens is 254 g/mol. The summed E-state index contributed by atoms with van der Waals surface area (Å²) in [6.07, 6.45) is 3.21. The minimum Gasteiger partial charge on any atom is -0.395 e. The molecule has 1 saturated carbocycles. The molecule has 1 aliphatic carbocycles. The summed E-state index contributed by atoms with van der Waals surface area (Å²) in [5.74, 6) is 0. The lowest BCUT2D eigenvalue weighted by molar-refractivity contribution is 0.250. The van der Waals surface area contributed by atoms with Crippen molar-refractivity contribution in [3.63, 3.8) is 0 Å². The molecule has 3 N–H and O–H groups in total. The summed E-state index contributed by atoms with van der Waals surface area (Å²) in [6.45, 7) is 0.00684. The molecule has 2 rings (SSSR count). The Morgan fingerprint density at radius 1 is 1.50 bits per heavy atom. The second kappa shape index (κ2) is 5.31. The molecule has 0 spiro atoms. The van der Waals surface area contributed by atoms with Gasteiger partial charge in [0.2, 0.25) is 10.0 Å². The van der Waals surface area contributed by atoms with Crippen LogP contribution in [0.3, 0.4) is 0 Å². The zero-order chi connectivity index (χ0) is 13.2. The van der Waals surface area contributed by atoms with Gasteiger partial charge in [-0.15, -0.1) is 0 Å². The largest absolute Gasteiger partial charge is 0.395 e. The predicted octanol–water partition coefficient (Wildman–Crippen LogP) is -0.314. The van der Waals surface area contributed by atoms with Crippen LogP contribution in [0.25, 0.3) is 0 Å². The van der Waals surface area contributed by atoms with Gasteiger partial charge in [-0.25, -0.2) is 8.42 Å². The molecule has 1 fully saturated rings. The van der Waals surface area contributed by atoms with Crippen molar-refractivity contribution in [1.82, 2.24) is 9.29 Å². The molecule has 100 valence electrons. The highest BCUT2D eigenvalue weighted by molar-refractivity contribution is 7.89. The maximum absolute atomic E-state index is 12.5. The SMILES string of the molecule is NCc1ncccc1S(=O)(=O)N(CCO)C1CC1. The standard InChI is InChI=1S/C11H17N3O3S/c12-8-10-11(2-1-5-13-10)18(16,17)14(6-7-15)9-3-4-9/h1-2,5,9,15H,3-4,6-8,12H2. The Balaban J connectivity index is 2.39. The van der Waals surface area contributed by atoms with Gasteiger partial charge >= 0.3 is 0 Å². The maximum atomic E-state index is 12.5. The summed E-state index contributed by atoms with van der Waals surface area (Å²) in [5, 5.41) is 9.00. The molecule has 0 aliphatic heterocycles. The van der Waals surface area contributed by atoms with Crippen LogP contribution >= 0.6 is 0 Å². The summed E-state index contributed by atoms with van der Waals surface area (Å²) >= 11 is 0. The van der Waals surface area contributed by atoms with E-state index in [9.17, 15) is 8.42 Å². The van der Waals surface area contributed by atoms with E-state index in [1.807, 2.05) is 0 Å². The number of pyridine rings is 1. The highest BCUT2D eigenvalue weighted by Gasteiger charge is 2.38. The van der Waals surface area contributed by atoms with E-state index in [4.69, 9.17) is 10.8 Å². The number of nitrogens with two attached hydrogens (primary N) is 1. The third-order valence-corrected chi connectivity index (χ3v) is 4.93. The lowest BCUT2D eigenvalue weighted by Crippen LogP contribution is -2.36. The van der Waals surface area contributed by atoms with Crippen LogP contribution in [0.5, 0.6) is 0 Å². The van der Waals surface area contributed by atoms with Gasteiger partial charge in [0, 0.05) is 25.3 Å². The fourth-order valence-corrected chi connectivity index (χ4v) is 3.76. The molecule has 0 unspecified atom stereocenters. The first-order valence-corrected chi connectivity index (χ1v) is 7.32. The van der Waals surface area contributed by atoms with Crippen LogP contribution in [0, 0.1) is 0 Å². The molecule has 0 radical (unpaired) electrons. The Labute approximate surface area is 106 Å². The van der Waals surface area contributed by atoms with Crippen LogP contribution < -0.4 is 5.73 Å². The van der Waals surface area contributed by atoms with Crippen LogP contribution in [-0.4, -0.2) is 42.0 Å². The predicted molar refractivity (Wildman–Crippen MR) is 66.1 cm³/mol. The Bertz CT molecular complexity index is 514. The second-order valence-electron chi connectivity index (χ2n) is 4.22. The number of aliphatic hydroxyl groups is 1. The van der Waals surface area contributed by atoms with Crippen molar-refractivity contribution in [2.75, 3.05) is 13.2 Å². The quantitative estimate of drug-likeness (QED) is 0.739. The maximum Gasteiger partial charge on any atom is 0.245 e. The van der Waals surface area contributed by atoms with E-state index in [1.165, 1.54) is 16.6 Å². The first-order chi connectivity index (χ1) is 8.61. The molecule has 7 heteroatoms. The average Bonchev–Trinajstić information content (AvgIpc) is 3.19. The van der Waals surface area contributed by atoms with Gasteiger partial charge in [-0.05, 0) is 25.0 Å². The molecule has 0 bridgehead atoms. The molecule has 1 aliphatic rings. The zero-order valence-electron chi connectivity index (χ0n) is 9.99. The van der Waals surface area contributed by atoms with Crippen molar-refractivity contribution in [2.24, 2.45) is 5.73 Å². The van der Waals surface area contributed by atoms with Crippen molar-refractivity contribution in [3.05, 3.63) is 24.0 Å². The number of nitrogens with zero attached hydrogens (tertiary/aromatic N) is 2. The Morgan fingerprint density at radius 2 is 2.22 bits per heavy atom. The van der Waals surface area contributed by atoms with Crippen LogP contribution in [0.2, 0.25) is 0 Å². The van der Waals surface area contributed by atoms with E-state index in [1.54, 1.807) is 6.07 Å². The first kappa shape index (κ1) is 13.4. The van der Waals surface area contributed by atoms with Gasteiger partial charge in [0.05, 0.1) is 12.3 Å². The molecule has 0 atom stereocenters. The lowest BCUT2D eigenvalue weighted by Gasteiger charge is -2.21. The molecule has 1 aromatic rings. The highest BCUT2D eigenvalue weighted by atomic mass is 32.2. The second-order valence-corrected chi connectivity index (χ2v) is 6.08. The number of aromatic nitrogens is 1. The van der Waals surface area contributed by atoms with Crippen molar-refractivity contribution in [3.8, 4) is 0 Å². The van der Waals surface area contributed by atoms with Crippen LogP contribution in [-0.2, 0) is 16.6 Å². The number of hydrogen-bond donors (Lipinski definition) is 2. The molecule has 0 amide bonds. The fraction of sp³-hybridized carbons (Fsp3) is 0.545. The molecule has 1 heterocycles. The number of aliphatic hydroxyl groups excluding tert-OH is 1. The summed E-state index contributed by atoms with van der Waals surface area (Å²) < 4.78 is 26.4. The number of hydrogen-bond acceptors (Lipinski definition) is 5. The van der Waals surface area contributed by atoms with E-state index in [2.05, 4.69) is 4.98 Å². The molecule has 0 saturated heterocycles. The topological polar surface area (TPSA) is 96.5 Å². The van der Waals surface area contributed by atoms with Gasteiger partial charge in [0.1, 0.15) is 4.90 Å². The van der Waals surface area contributed by atoms with E-state index in [-0.39, 0.29) is 30.6 Å². The van der Waals surface area contributed by atoms with Crippen molar-refractivity contribution < 1.29 is 13.5 Å². The van der Waals surface area contributed by atoms with Gasteiger partial charge in [0.25, 0.3) is 0 Å². The third kappa shape index (κ3) is 2.54. The lowest BCUT2D eigenvalue weighted by atomic mass is 10.3. The van der Waals surface area contributed by atoms with Crippen LogP contribution in [0.1, 0.15) is 18.5 Å². The summed E-state index contributed by atoms with van der Waals surface area (Å²) in [5.41, 5.74) is 5.88. The van der Waals surface area contributed by atoms with Crippen molar-refractivity contribution in [2.45, 2.75) is 30.3 Å². The zero-order valence-corrected chi connectivity index (χ0v) is 10.8. The molecule has 18 heavy (non-hydrogen) atoms. The monoisotopic (exact) mass is 271 g/mol. The Hall–Kier alpha value is -1.02. The summed E-state index contributed by atoms with van der Waals surface area (Å²) in [6, 6.07) is 3.10. The van der Waals surface area contributed by atoms with E-state index >= 15 is 0 Å². The molecule has 6 nitrogen and oxygen atoms in total. The third-order valence-electron chi connectivity index (χ3n) is 2.90. The summed E-state index contributed by atoms with van der Waals surface area (Å²) in [4.78, 5) is 4.14. The highest BCUT2D eigenvalue weighted by Crippen LogP contribution is 2.32. The van der Waals surface area contributed by atoms with Crippen LogP contribution in [0.4, 0.5) is 0 Å². The molecule has 0 aromatic carbocycles. The minimum absolute atomic E-state index is 0.00739. The van der Waals surface area contributed by atoms with E-state index < -0.39 is 10.0 Å². The van der Waals surface area contributed by atoms with Gasteiger partial charge in [-0.1, -0.05) is 0 Å². The van der Waals surface area contributed by atoms with Gasteiger partial charge < -0.3 is 10.8 Å². The van der Waals surface area contributed by atoms with E-state index in [0.717, 1.165) is 12.8 Å². The Kier molecular flexibility index (Phi) is 3.96. The molecular formula is C11H17N3O3S. The first-order valence-electron chi connectivity index (χ1n) is 5.88. The smallest absolute Gasteiger partial charge is 0.245 e. The van der Waals surface area contributed by atoms with Gasteiger partial charge in [0.15, 0.2) is 0 Å². The number of rotatable bonds is 6. The normalized spacial score (nSPS) is 16.2. The fourth-order valence-electron chi connectivity index (χ4n) is 1.90.